The summed E-state index contributed by atoms with van der Waals surface area (Å²) in [5.74, 6) is 0.716. The molecule has 1 aliphatic rings. The quantitative estimate of drug-likeness (QED) is 0.822. The number of amides is 2. The fraction of sp³-hybridized carbons (Fsp3) is 0.381. The van der Waals surface area contributed by atoms with Gasteiger partial charge in [-0.1, -0.05) is 6.07 Å². The van der Waals surface area contributed by atoms with Crippen molar-refractivity contribution in [2.24, 2.45) is 11.8 Å². The van der Waals surface area contributed by atoms with E-state index in [0.717, 1.165) is 36.9 Å². The predicted molar refractivity (Wildman–Crippen MR) is 103 cm³/mol. The molecule has 1 aliphatic carbocycles. The van der Waals surface area contributed by atoms with E-state index in [1.807, 2.05) is 30.3 Å². The molecule has 0 radical (unpaired) electrons. The minimum atomic E-state index is -0.0551. The molecule has 0 bridgehead atoms. The summed E-state index contributed by atoms with van der Waals surface area (Å²) in [6.07, 6.45) is 6.35. The molecule has 2 amide bonds. The van der Waals surface area contributed by atoms with E-state index in [2.05, 4.69) is 15.6 Å². The van der Waals surface area contributed by atoms with Crippen LogP contribution in [0, 0.1) is 11.8 Å². The molecule has 1 aromatic carbocycles. The van der Waals surface area contributed by atoms with Crippen LogP contribution in [0.15, 0.2) is 48.8 Å². The fourth-order valence-electron chi connectivity index (χ4n) is 3.40. The van der Waals surface area contributed by atoms with Crippen LogP contribution in [-0.2, 0) is 16.1 Å². The van der Waals surface area contributed by atoms with Crippen molar-refractivity contribution in [3.8, 4) is 5.75 Å². The Labute approximate surface area is 159 Å². The monoisotopic (exact) mass is 367 g/mol. The van der Waals surface area contributed by atoms with Crippen molar-refractivity contribution < 1.29 is 14.3 Å². The Hall–Kier alpha value is -2.89. The minimum absolute atomic E-state index is 0.0129. The molecular formula is C21H25N3O3. The molecule has 1 saturated carbocycles. The maximum atomic E-state index is 12.5. The van der Waals surface area contributed by atoms with Crippen LogP contribution in [-0.4, -0.2) is 23.9 Å². The van der Waals surface area contributed by atoms with Crippen molar-refractivity contribution in [1.82, 2.24) is 10.3 Å². The third kappa shape index (κ3) is 5.29. The van der Waals surface area contributed by atoms with Crippen LogP contribution in [0.25, 0.3) is 0 Å². The van der Waals surface area contributed by atoms with Gasteiger partial charge in [0.05, 0.1) is 7.11 Å². The first-order chi connectivity index (χ1) is 13.2. The Morgan fingerprint density at radius 3 is 2.37 bits per heavy atom. The van der Waals surface area contributed by atoms with Gasteiger partial charge in [0.25, 0.3) is 0 Å². The smallest absolute Gasteiger partial charge is 0.227 e. The number of hydrogen-bond acceptors (Lipinski definition) is 4. The third-order valence-electron chi connectivity index (χ3n) is 5.02. The van der Waals surface area contributed by atoms with Crippen LogP contribution < -0.4 is 15.4 Å². The van der Waals surface area contributed by atoms with Crippen LogP contribution in [0.4, 0.5) is 5.69 Å². The van der Waals surface area contributed by atoms with E-state index < -0.39 is 0 Å². The lowest BCUT2D eigenvalue weighted by Gasteiger charge is -2.27. The molecule has 6 nitrogen and oxygen atoms in total. The second-order valence-corrected chi connectivity index (χ2v) is 6.84. The van der Waals surface area contributed by atoms with E-state index in [-0.39, 0.29) is 23.7 Å². The van der Waals surface area contributed by atoms with E-state index >= 15 is 0 Å². The lowest BCUT2D eigenvalue weighted by molar-refractivity contribution is -0.128. The summed E-state index contributed by atoms with van der Waals surface area (Å²) in [4.78, 5) is 28.8. The Balaban J connectivity index is 1.45. The number of pyridine rings is 1. The Morgan fingerprint density at radius 1 is 1.04 bits per heavy atom. The number of anilines is 1. The summed E-state index contributed by atoms with van der Waals surface area (Å²) in [5, 5.41) is 5.94. The second kappa shape index (κ2) is 9.16. The first-order valence-electron chi connectivity index (χ1n) is 9.27. The van der Waals surface area contributed by atoms with E-state index in [1.165, 1.54) is 0 Å². The lowest BCUT2D eigenvalue weighted by Crippen LogP contribution is -2.35. The first-order valence-corrected chi connectivity index (χ1v) is 9.27. The summed E-state index contributed by atoms with van der Waals surface area (Å²) < 4.78 is 5.18. The number of methoxy groups -OCH3 is 1. The molecule has 2 aromatic rings. The number of ether oxygens (including phenoxy) is 1. The maximum absolute atomic E-state index is 12.5. The Morgan fingerprint density at radius 2 is 1.70 bits per heavy atom. The van der Waals surface area contributed by atoms with Crippen molar-refractivity contribution in [2.75, 3.05) is 12.4 Å². The zero-order chi connectivity index (χ0) is 19.1. The summed E-state index contributed by atoms with van der Waals surface area (Å²) >= 11 is 0. The van der Waals surface area contributed by atoms with Crippen molar-refractivity contribution >= 4 is 17.5 Å². The molecule has 1 fully saturated rings. The van der Waals surface area contributed by atoms with Gasteiger partial charge >= 0.3 is 0 Å². The van der Waals surface area contributed by atoms with Crippen molar-refractivity contribution in [1.29, 1.82) is 0 Å². The van der Waals surface area contributed by atoms with Crippen LogP contribution in [0.2, 0.25) is 0 Å². The van der Waals surface area contributed by atoms with Crippen molar-refractivity contribution in [2.45, 2.75) is 32.2 Å². The molecule has 0 aliphatic heterocycles. The molecular weight excluding hydrogens is 342 g/mol. The number of hydrogen-bond donors (Lipinski definition) is 2. The van der Waals surface area contributed by atoms with Gasteiger partial charge in [0.1, 0.15) is 5.75 Å². The molecule has 0 saturated heterocycles. The molecule has 0 spiro atoms. The number of benzene rings is 1. The SMILES string of the molecule is COc1cccc(NC(=O)C2CCC(C(=O)NCc3ccncc3)CC2)c1. The molecule has 27 heavy (non-hydrogen) atoms. The second-order valence-electron chi connectivity index (χ2n) is 6.84. The van der Waals surface area contributed by atoms with Gasteiger partial charge in [-0.25, -0.2) is 0 Å². The standard InChI is InChI=1S/C21H25N3O3/c1-27-19-4-2-3-18(13-19)24-21(26)17-7-5-16(6-8-17)20(25)23-14-15-9-11-22-12-10-15/h2-4,9-13,16-17H,5-8,14H2,1H3,(H,23,25)(H,24,26). The highest BCUT2D eigenvalue weighted by Crippen LogP contribution is 2.30. The minimum Gasteiger partial charge on any atom is -0.497 e. The molecule has 1 aromatic heterocycles. The highest BCUT2D eigenvalue weighted by atomic mass is 16.5. The highest BCUT2D eigenvalue weighted by Gasteiger charge is 2.29. The molecule has 142 valence electrons. The van der Waals surface area contributed by atoms with Crippen LogP contribution in [0.5, 0.6) is 5.75 Å². The molecule has 0 unspecified atom stereocenters. The van der Waals surface area contributed by atoms with Crippen LogP contribution >= 0.6 is 0 Å². The summed E-state index contributed by atoms with van der Waals surface area (Å²) in [5.41, 5.74) is 1.77. The van der Waals surface area contributed by atoms with Gasteiger partial charge in [0.15, 0.2) is 0 Å². The normalized spacial score (nSPS) is 19.1. The summed E-state index contributed by atoms with van der Waals surface area (Å²) in [6.45, 7) is 0.512. The predicted octanol–water partition coefficient (Wildman–Crippen LogP) is 3.15. The number of rotatable bonds is 6. The zero-order valence-corrected chi connectivity index (χ0v) is 15.5. The number of carbonyl (C=O) groups is 2. The van der Waals surface area contributed by atoms with Crippen LogP contribution in [0.1, 0.15) is 31.2 Å². The van der Waals surface area contributed by atoms with Gasteiger partial charge in [0, 0.05) is 42.5 Å². The third-order valence-corrected chi connectivity index (χ3v) is 5.02. The topological polar surface area (TPSA) is 80.3 Å². The Bertz CT molecular complexity index is 771. The van der Waals surface area contributed by atoms with E-state index in [9.17, 15) is 9.59 Å². The average molecular weight is 367 g/mol. The molecule has 3 rings (SSSR count). The van der Waals surface area contributed by atoms with Gasteiger partial charge in [-0.05, 0) is 55.5 Å². The van der Waals surface area contributed by atoms with Crippen molar-refractivity contribution in [3.05, 3.63) is 54.4 Å². The van der Waals surface area contributed by atoms with Gasteiger partial charge in [-0.3, -0.25) is 14.6 Å². The van der Waals surface area contributed by atoms with E-state index in [4.69, 9.17) is 4.74 Å². The van der Waals surface area contributed by atoms with Gasteiger partial charge < -0.3 is 15.4 Å². The van der Waals surface area contributed by atoms with Gasteiger partial charge in [-0.2, -0.15) is 0 Å². The van der Waals surface area contributed by atoms with E-state index in [1.54, 1.807) is 25.6 Å². The Kier molecular flexibility index (Phi) is 6.41. The maximum Gasteiger partial charge on any atom is 0.227 e. The molecule has 0 atom stereocenters. The fourth-order valence-corrected chi connectivity index (χ4v) is 3.40. The summed E-state index contributed by atoms with van der Waals surface area (Å²) in [6, 6.07) is 11.1. The molecule has 6 heteroatoms. The molecule has 2 N–H and O–H groups in total. The first kappa shape index (κ1) is 18.9. The molecule has 1 heterocycles. The highest BCUT2D eigenvalue weighted by molar-refractivity contribution is 5.93. The number of aromatic nitrogens is 1. The van der Waals surface area contributed by atoms with Crippen molar-refractivity contribution in [3.63, 3.8) is 0 Å². The largest absolute Gasteiger partial charge is 0.497 e. The lowest BCUT2D eigenvalue weighted by atomic mass is 9.81. The van der Waals surface area contributed by atoms with Gasteiger partial charge in [-0.15, -0.1) is 0 Å². The number of nitrogens with zero attached hydrogens (tertiary/aromatic N) is 1. The number of carbonyl (C=O) groups excluding carboxylic acids is 2. The van der Waals surface area contributed by atoms with Gasteiger partial charge in [0.2, 0.25) is 11.8 Å². The van der Waals surface area contributed by atoms with E-state index in [0.29, 0.717) is 12.3 Å². The average Bonchev–Trinajstić information content (AvgIpc) is 2.73. The number of nitrogens with one attached hydrogen (secondary N) is 2. The zero-order valence-electron chi connectivity index (χ0n) is 15.5. The summed E-state index contributed by atoms with van der Waals surface area (Å²) in [7, 11) is 1.60. The van der Waals surface area contributed by atoms with Crippen LogP contribution in [0.3, 0.4) is 0 Å².